The largest absolute Gasteiger partial charge is 0.376 e. The van der Waals surface area contributed by atoms with Gasteiger partial charge in [-0.2, -0.15) is 0 Å². The summed E-state index contributed by atoms with van der Waals surface area (Å²) < 4.78 is 11.3. The monoisotopic (exact) mass is 310 g/mol. The molecular formula is C18H34N2O2. The van der Waals surface area contributed by atoms with Crippen molar-refractivity contribution in [3.8, 4) is 0 Å². The highest BCUT2D eigenvalue weighted by Gasteiger charge is 2.34. The van der Waals surface area contributed by atoms with Gasteiger partial charge in [0.1, 0.15) is 6.10 Å². The molecule has 1 aromatic rings. The van der Waals surface area contributed by atoms with Gasteiger partial charge in [-0.25, -0.2) is 0 Å². The van der Waals surface area contributed by atoms with Gasteiger partial charge in [-0.05, 0) is 32.9 Å². The summed E-state index contributed by atoms with van der Waals surface area (Å²) in [5, 5.41) is 0. The Hall–Kier alpha value is -1.13. The van der Waals surface area contributed by atoms with Crippen molar-refractivity contribution in [1.82, 2.24) is 4.98 Å². The minimum atomic E-state index is -0.267. The lowest BCUT2D eigenvalue weighted by Gasteiger charge is -2.41. The molecule has 0 saturated carbocycles. The normalized spacial score (nSPS) is 17.8. The number of morpholine rings is 1. The molecule has 0 radical (unpaired) electrons. The van der Waals surface area contributed by atoms with Gasteiger partial charge in [0.05, 0.1) is 24.1 Å². The van der Waals surface area contributed by atoms with Crippen LogP contribution in [0.5, 0.6) is 0 Å². The Labute approximate surface area is 136 Å². The van der Waals surface area contributed by atoms with Gasteiger partial charge in [-0.3, -0.25) is 4.98 Å². The summed E-state index contributed by atoms with van der Waals surface area (Å²) in [7, 11) is 1.73. The van der Waals surface area contributed by atoms with Gasteiger partial charge in [-0.15, -0.1) is 0 Å². The number of hydrogen-bond donors (Lipinski definition) is 0. The number of aryl methyl sites for hydroxylation is 1. The molecule has 4 nitrogen and oxygen atoms in total. The van der Waals surface area contributed by atoms with Crippen molar-refractivity contribution in [3.05, 3.63) is 24.0 Å². The molecule has 1 aliphatic heterocycles. The fourth-order valence-corrected chi connectivity index (χ4v) is 2.08. The number of hydrogen-bond acceptors (Lipinski definition) is 4. The Morgan fingerprint density at radius 3 is 2.36 bits per heavy atom. The van der Waals surface area contributed by atoms with Crippen LogP contribution in [0.1, 0.15) is 47.2 Å². The second kappa shape index (κ2) is 10.6. The molecule has 0 spiro atoms. The third-order valence-corrected chi connectivity index (χ3v) is 3.63. The number of ether oxygens (including phenoxy) is 2. The first-order valence-electron chi connectivity index (χ1n) is 8.37. The van der Waals surface area contributed by atoms with Crippen molar-refractivity contribution in [1.29, 1.82) is 0 Å². The molecule has 1 unspecified atom stereocenters. The van der Waals surface area contributed by atoms with E-state index in [0.29, 0.717) is 0 Å². The van der Waals surface area contributed by atoms with E-state index in [1.807, 2.05) is 46.9 Å². The molecule has 0 amide bonds. The molecule has 128 valence electrons. The van der Waals surface area contributed by atoms with E-state index in [1.165, 1.54) is 0 Å². The molecule has 0 aromatic carbocycles. The summed E-state index contributed by atoms with van der Waals surface area (Å²) in [4.78, 5) is 6.65. The van der Waals surface area contributed by atoms with Gasteiger partial charge in [-0.1, -0.05) is 27.7 Å². The number of nitrogens with zero attached hydrogens (tertiary/aromatic N) is 2. The van der Waals surface area contributed by atoms with Crippen molar-refractivity contribution in [3.63, 3.8) is 0 Å². The van der Waals surface area contributed by atoms with Crippen LogP contribution < -0.4 is 4.90 Å². The van der Waals surface area contributed by atoms with Crippen LogP contribution in [0.4, 0.5) is 5.69 Å². The van der Waals surface area contributed by atoms with Crippen molar-refractivity contribution in [2.75, 3.05) is 31.7 Å². The minimum Gasteiger partial charge on any atom is -0.376 e. The Balaban J connectivity index is 0.00000102. The van der Waals surface area contributed by atoms with E-state index in [4.69, 9.17) is 9.47 Å². The summed E-state index contributed by atoms with van der Waals surface area (Å²) in [5.74, 6) is 0. The zero-order chi connectivity index (χ0) is 17.2. The van der Waals surface area contributed by atoms with E-state index >= 15 is 0 Å². The van der Waals surface area contributed by atoms with Gasteiger partial charge in [0, 0.05) is 25.9 Å². The van der Waals surface area contributed by atoms with E-state index in [2.05, 4.69) is 29.8 Å². The first kappa shape index (κ1) is 20.9. The average Bonchev–Trinajstić information content (AvgIpc) is 2.59. The van der Waals surface area contributed by atoms with Crippen LogP contribution in [0.15, 0.2) is 18.3 Å². The molecule has 0 bridgehead atoms. The summed E-state index contributed by atoms with van der Waals surface area (Å²) in [6.45, 7) is 16.6. The summed E-state index contributed by atoms with van der Waals surface area (Å²) in [6, 6.07) is 4.16. The summed E-state index contributed by atoms with van der Waals surface area (Å²) in [6.07, 6.45) is 2.01. The maximum atomic E-state index is 5.82. The highest BCUT2D eigenvalue weighted by atomic mass is 16.5. The van der Waals surface area contributed by atoms with E-state index in [9.17, 15) is 0 Å². The maximum absolute atomic E-state index is 5.82. The minimum absolute atomic E-state index is 0.0811. The zero-order valence-corrected chi connectivity index (χ0v) is 15.6. The molecule has 0 N–H and O–H groups in total. The molecule has 1 saturated heterocycles. The van der Waals surface area contributed by atoms with Crippen LogP contribution in [0.3, 0.4) is 0 Å². The van der Waals surface area contributed by atoms with Crippen molar-refractivity contribution < 1.29 is 9.47 Å². The predicted molar refractivity (Wildman–Crippen MR) is 94.7 cm³/mol. The van der Waals surface area contributed by atoms with E-state index in [-0.39, 0.29) is 11.7 Å². The molecule has 2 rings (SSSR count). The Bertz CT molecular complexity index is 391. The number of rotatable bonds is 3. The quantitative estimate of drug-likeness (QED) is 0.843. The molecule has 0 aliphatic carbocycles. The Morgan fingerprint density at radius 1 is 1.23 bits per heavy atom. The number of aromatic nitrogens is 1. The number of pyridine rings is 1. The van der Waals surface area contributed by atoms with Crippen LogP contribution in [0, 0.1) is 6.92 Å². The molecule has 22 heavy (non-hydrogen) atoms. The topological polar surface area (TPSA) is 34.6 Å². The maximum Gasteiger partial charge on any atom is 0.103 e. The Kier molecular flexibility index (Phi) is 10.0. The molecular weight excluding hydrogens is 276 g/mol. The third-order valence-electron chi connectivity index (χ3n) is 3.63. The summed E-state index contributed by atoms with van der Waals surface area (Å²) in [5.41, 5.74) is 1.93. The smallest absolute Gasteiger partial charge is 0.103 e. The molecule has 4 heteroatoms. The average molecular weight is 310 g/mol. The van der Waals surface area contributed by atoms with Crippen LogP contribution in [0.25, 0.3) is 0 Å². The van der Waals surface area contributed by atoms with Crippen LogP contribution in [-0.2, 0) is 9.47 Å². The van der Waals surface area contributed by atoms with Gasteiger partial charge in [0.25, 0.3) is 0 Å². The zero-order valence-electron chi connectivity index (χ0n) is 15.6. The third kappa shape index (κ3) is 5.93. The van der Waals surface area contributed by atoms with E-state index in [1.54, 1.807) is 7.11 Å². The fraction of sp³-hybridized carbons (Fsp3) is 0.722. The molecule has 1 atom stereocenters. The highest BCUT2D eigenvalue weighted by Crippen LogP contribution is 2.24. The van der Waals surface area contributed by atoms with Crippen molar-refractivity contribution in [2.24, 2.45) is 0 Å². The molecule has 1 fully saturated rings. The molecule has 2 heterocycles. The predicted octanol–water partition coefficient (Wildman–Crippen LogP) is 4.07. The van der Waals surface area contributed by atoms with E-state index in [0.717, 1.165) is 31.1 Å². The second-order valence-electron chi connectivity index (χ2n) is 5.27. The first-order chi connectivity index (χ1) is 10.5. The van der Waals surface area contributed by atoms with Crippen LogP contribution in [-0.4, -0.2) is 43.5 Å². The lowest BCUT2D eigenvalue weighted by atomic mass is 9.99. The molecule has 1 aromatic heterocycles. The van der Waals surface area contributed by atoms with E-state index < -0.39 is 0 Å². The van der Waals surface area contributed by atoms with Gasteiger partial charge < -0.3 is 14.4 Å². The second-order valence-corrected chi connectivity index (χ2v) is 5.27. The van der Waals surface area contributed by atoms with Gasteiger partial charge in [0.15, 0.2) is 0 Å². The van der Waals surface area contributed by atoms with Crippen molar-refractivity contribution >= 4 is 5.69 Å². The standard InChI is InChI=1S/C14H22N2O2.2C2H6/c1-11-5-6-12(9-15-11)16-7-8-18-13(10-16)14(2,3)17-4;2*1-2/h5-6,9,13H,7-8,10H2,1-4H3;2*1-2H3. The van der Waals surface area contributed by atoms with Crippen LogP contribution >= 0.6 is 0 Å². The van der Waals surface area contributed by atoms with Crippen molar-refractivity contribution in [2.45, 2.75) is 60.2 Å². The van der Waals surface area contributed by atoms with Crippen LogP contribution in [0.2, 0.25) is 0 Å². The molecule has 1 aliphatic rings. The van der Waals surface area contributed by atoms with Gasteiger partial charge in [0.2, 0.25) is 0 Å². The number of anilines is 1. The SMILES string of the molecule is CC.CC.COC(C)(C)C1CN(c2ccc(C)nc2)CCO1. The van der Waals surface area contributed by atoms with Gasteiger partial charge >= 0.3 is 0 Å². The lowest BCUT2D eigenvalue weighted by molar-refractivity contribution is -0.113. The lowest BCUT2D eigenvalue weighted by Crippen LogP contribution is -2.52. The fourth-order valence-electron chi connectivity index (χ4n) is 2.08. The highest BCUT2D eigenvalue weighted by molar-refractivity contribution is 5.45. The summed E-state index contributed by atoms with van der Waals surface area (Å²) >= 11 is 0. The first-order valence-corrected chi connectivity index (χ1v) is 8.37. The Morgan fingerprint density at radius 2 is 1.86 bits per heavy atom. The number of methoxy groups -OCH3 is 1.